The van der Waals surface area contributed by atoms with E-state index in [1.165, 1.54) is 30.7 Å². The Hall–Kier alpha value is -1.02. The molecule has 1 saturated carbocycles. The predicted octanol–water partition coefficient (Wildman–Crippen LogP) is 4.10. The smallest absolute Gasteiger partial charge is 0.109 e. The molecule has 18 heavy (non-hydrogen) atoms. The molecule has 1 aromatic rings. The maximum Gasteiger partial charge on any atom is 0.109 e. The first-order chi connectivity index (χ1) is 8.57. The predicted molar refractivity (Wildman–Crippen MR) is 74.5 cm³/mol. The van der Waals surface area contributed by atoms with E-state index in [1.807, 2.05) is 12.1 Å². The molecule has 0 amide bonds. The minimum atomic E-state index is 0.0524. The second-order valence-electron chi connectivity index (χ2n) is 6.22. The van der Waals surface area contributed by atoms with E-state index in [9.17, 15) is 0 Å². The van der Waals surface area contributed by atoms with E-state index < -0.39 is 0 Å². The van der Waals surface area contributed by atoms with Crippen LogP contribution < -0.4 is 0 Å². The van der Waals surface area contributed by atoms with Crippen molar-refractivity contribution >= 4 is 23.1 Å². The van der Waals surface area contributed by atoms with Crippen molar-refractivity contribution in [3.63, 3.8) is 0 Å². The van der Waals surface area contributed by atoms with Crippen molar-refractivity contribution < 1.29 is 0 Å². The largest absolute Gasteiger partial charge is 0.348 e. The van der Waals surface area contributed by atoms with E-state index in [1.54, 1.807) is 0 Å². The quantitative estimate of drug-likeness (QED) is 0.686. The molecule has 94 valence electrons. The maximum absolute atomic E-state index is 6.11. The number of fused-ring (bicyclic) bond motifs is 6. The summed E-state index contributed by atoms with van der Waals surface area (Å²) < 4.78 is 0. The normalized spacial score (nSPS) is 31.1. The summed E-state index contributed by atoms with van der Waals surface area (Å²) in [6, 6.07) is 6.84. The van der Waals surface area contributed by atoms with Crippen molar-refractivity contribution in [3.05, 3.63) is 28.8 Å². The summed E-state index contributed by atoms with van der Waals surface area (Å²) in [5.74, 6) is 1.99. The van der Waals surface area contributed by atoms with E-state index in [0.717, 1.165) is 10.7 Å². The van der Waals surface area contributed by atoms with Gasteiger partial charge in [0, 0.05) is 22.5 Å². The maximum atomic E-state index is 6.11. The second kappa shape index (κ2) is 3.30. The lowest BCUT2D eigenvalue weighted by atomic mass is 9.87. The van der Waals surface area contributed by atoms with E-state index in [-0.39, 0.29) is 5.54 Å². The molecule has 0 aromatic heterocycles. The van der Waals surface area contributed by atoms with Crippen LogP contribution in [0.4, 0.5) is 5.69 Å². The molecule has 2 nitrogen and oxygen atoms in total. The van der Waals surface area contributed by atoms with Gasteiger partial charge in [-0.05, 0) is 45.2 Å². The number of hydrogen-bond donors (Lipinski definition) is 0. The average molecular weight is 261 g/mol. The van der Waals surface area contributed by atoms with E-state index in [4.69, 9.17) is 16.6 Å². The van der Waals surface area contributed by atoms with Crippen molar-refractivity contribution in [1.82, 2.24) is 4.90 Å². The van der Waals surface area contributed by atoms with Crippen LogP contribution in [-0.4, -0.2) is 16.8 Å². The summed E-state index contributed by atoms with van der Waals surface area (Å²) >= 11 is 6.11. The molecule has 3 aliphatic rings. The molecular weight excluding hydrogens is 244 g/mol. The number of amidine groups is 1. The van der Waals surface area contributed by atoms with Crippen molar-refractivity contribution in [3.8, 4) is 0 Å². The number of nitrogens with zero attached hydrogens (tertiary/aromatic N) is 2. The van der Waals surface area contributed by atoms with Gasteiger partial charge < -0.3 is 4.90 Å². The van der Waals surface area contributed by atoms with Crippen LogP contribution in [-0.2, 0) is 5.54 Å². The number of piperidine rings is 1. The lowest BCUT2D eigenvalue weighted by Crippen LogP contribution is -2.50. The Morgan fingerprint density at radius 2 is 2.17 bits per heavy atom. The Morgan fingerprint density at radius 1 is 1.33 bits per heavy atom. The van der Waals surface area contributed by atoms with Crippen LogP contribution in [0.15, 0.2) is 23.2 Å². The fraction of sp³-hybridized carbons (Fsp3) is 0.533. The van der Waals surface area contributed by atoms with E-state index >= 15 is 0 Å². The number of aliphatic imine (C=N–C) groups is 1. The molecule has 0 spiro atoms. The SMILES string of the molecule is CC1(C)c2ccc(Cl)cc2N=C2C3CCC(C3)N21. The fourth-order valence-electron chi connectivity index (χ4n) is 4.07. The van der Waals surface area contributed by atoms with Gasteiger partial charge in [0.1, 0.15) is 5.84 Å². The van der Waals surface area contributed by atoms with Gasteiger partial charge in [-0.1, -0.05) is 17.7 Å². The zero-order valence-corrected chi connectivity index (χ0v) is 11.5. The van der Waals surface area contributed by atoms with Crippen LogP contribution in [0.25, 0.3) is 0 Å². The lowest BCUT2D eigenvalue weighted by molar-refractivity contribution is 0.164. The van der Waals surface area contributed by atoms with Crippen LogP contribution in [0.1, 0.15) is 38.7 Å². The van der Waals surface area contributed by atoms with Gasteiger partial charge in [0.15, 0.2) is 0 Å². The summed E-state index contributed by atoms with van der Waals surface area (Å²) in [5, 5.41) is 0.783. The Labute approximate surface area is 113 Å². The molecule has 2 heterocycles. The number of rotatable bonds is 0. The van der Waals surface area contributed by atoms with Crippen molar-refractivity contribution in [1.29, 1.82) is 0 Å². The molecule has 1 aromatic carbocycles. The van der Waals surface area contributed by atoms with E-state index in [2.05, 4.69) is 24.8 Å². The van der Waals surface area contributed by atoms with Crippen LogP contribution in [0.3, 0.4) is 0 Å². The van der Waals surface area contributed by atoms with Gasteiger partial charge in [0.05, 0.1) is 11.2 Å². The van der Waals surface area contributed by atoms with Gasteiger partial charge >= 0.3 is 0 Å². The van der Waals surface area contributed by atoms with Crippen LogP contribution in [0.2, 0.25) is 5.02 Å². The van der Waals surface area contributed by atoms with Gasteiger partial charge in [0.25, 0.3) is 0 Å². The number of halogens is 1. The first kappa shape index (κ1) is 10.9. The molecule has 1 aliphatic carbocycles. The number of benzene rings is 1. The Balaban J connectivity index is 1.95. The highest BCUT2D eigenvalue weighted by Crippen LogP contribution is 2.51. The van der Waals surface area contributed by atoms with Crippen molar-refractivity contribution in [2.75, 3.05) is 0 Å². The topological polar surface area (TPSA) is 15.6 Å². The molecule has 2 fully saturated rings. The summed E-state index contributed by atoms with van der Waals surface area (Å²) in [6.07, 6.45) is 3.94. The van der Waals surface area contributed by atoms with Crippen LogP contribution in [0, 0.1) is 5.92 Å². The third-order valence-corrected chi connectivity index (χ3v) is 5.07. The zero-order valence-electron chi connectivity index (χ0n) is 10.8. The van der Waals surface area contributed by atoms with Gasteiger partial charge in [-0.3, -0.25) is 0 Å². The summed E-state index contributed by atoms with van der Waals surface area (Å²) in [5.41, 5.74) is 2.44. The van der Waals surface area contributed by atoms with Crippen LogP contribution in [0.5, 0.6) is 0 Å². The first-order valence-electron chi connectivity index (χ1n) is 6.75. The molecular formula is C15H17ClN2. The van der Waals surface area contributed by atoms with Crippen molar-refractivity contribution in [2.45, 2.75) is 44.7 Å². The highest BCUT2D eigenvalue weighted by Gasteiger charge is 2.51. The van der Waals surface area contributed by atoms with Gasteiger partial charge in [0.2, 0.25) is 0 Å². The zero-order chi connectivity index (χ0) is 12.5. The third kappa shape index (κ3) is 1.22. The van der Waals surface area contributed by atoms with Gasteiger partial charge in [-0.2, -0.15) is 0 Å². The Kier molecular flexibility index (Phi) is 1.99. The van der Waals surface area contributed by atoms with Gasteiger partial charge in [-0.15, -0.1) is 0 Å². The molecule has 3 heteroatoms. The van der Waals surface area contributed by atoms with E-state index in [0.29, 0.717) is 12.0 Å². The minimum Gasteiger partial charge on any atom is -0.348 e. The Morgan fingerprint density at radius 3 is 3.00 bits per heavy atom. The summed E-state index contributed by atoms with van der Waals surface area (Å²) in [4.78, 5) is 7.47. The highest BCUT2D eigenvalue weighted by molar-refractivity contribution is 6.30. The fourth-order valence-corrected chi connectivity index (χ4v) is 4.23. The standard InChI is InChI=1S/C15H17ClN2/c1-15(2)12-6-4-10(16)8-13(12)17-14-9-3-5-11(7-9)18(14)15/h4,6,8-9,11H,3,5,7H2,1-2H3. The van der Waals surface area contributed by atoms with Crippen LogP contribution >= 0.6 is 11.6 Å². The van der Waals surface area contributed by atoms with Gasteiger partial charge in [-0.25, -0.2) is 4.99 Å². The third-order valence-electron chi connectivity index (χ3n) is 4.84. The Bertz CT molecular complexity index is 562. The molecule has 0 radical (unpaired) electrons. The summed E-state index contributed by atoms with van der Waals surface area (Å²) in [7, 11) is 0. The molecule has 0 N–H and O–H groups in total. The summed E-state index contributed by atoms with van der Waals surface area (Å²) in [6.45, 7) is 4.63. The first-order valence-corrected chi connectivity index (χ1v) is 7.13. The number of hydrogen-bond acceptors (Lipinski definition) is 2. The lowest BCUT2D eigenvalue weighted by Gasteiger charge is -2.47. The molecule has 2 unspecified atom stereocenters. The molecule has 1 saturated heterocycles. The van der Waals surface area contributed by atoms with Crippen molar-refractivity contribution in [2.24, 2.45) is 10.9 Å². The molecule has 2 aliphatic heterocycles. The monoisotopic (exact) mass is 260 g/mol. The minimum absolute atomic E-state index is 0.0524. The highest BCUT2D eigenvalue weighted by atomic mass is 35.5. The average Bonchev–Trinajstić information content (AvgIpc) is 2.88. The second-order valence-corrected chi connectivity index (χ2v) is 6.66. The molecule has 2 atom stereocenters. The molecule has 4 rings (SSSR count). The molecule has 2 bridgehead atoms.